The van der Waals surface area contributed by atoms with Crippen molar-refractivity contribution in [2.45, 2.75) is 6.04 Å². The van der Waals surface area contributed by atoms with Crippen molar-refractivity contribution in [3.8, 4) is 5.69 Å². The molecule has 0 saturated carbocycles. The van der Waals surface area contributed by atoms with Crippen molar-refractivity contribution in [2.75, 3.05) is 5.32 Å². The standard InChI is InChI=1S/C36H22N4/c1-2-11-22(12-3-1)39-29-17-9-6-14-24(29)32-30(39)19-18-25-31-23-13-5-4-10-21(23)20-26-33-36(40(34(25)32)35(26)31)38-28-16-8-7-15-27(28)37-33/h1-20,33,37H. The predicted octanol–water partition coefficient (Wildman–Crippen LogP) is 9.10. The molecule has 4 heterocycles. The molecule has 2 aromatic heterocycles. The molecule has 186 valence electrons. The minimum absolute atomic E-state index is 0.000800. The summed E-state index contributed by atoms with van der Waals surface area (Å²) in [6.07, 6.45) is 0. The number of aliphatic imine (C=N–C) groups is 1. The van der Waals surface area contributed by atoms with Crippen LogP contribution in [0.1, 0.15) is 11.6 Å². The molecular formula is C36H22N4. The van der Waals surface area contributed by atoms with Gasteiger partial charge in [0.15, 0.2) is 0 Å². The number of fused-ring (bicyclic) bond motifs is 13. The summed E-state index contributed by atoms with van der Waals surface area (Å²) in [5, 5.41) is 11.5. The lowest BCUT2D eigenvalue weighted by molar-refractivity contribution is 1.02. The molecule has 8 aromatic rings. The Morgan fingerprint density at radius 1 is 0.575 bits per heavy atom. The van der Waals surface area contributed by atoms with Crippen LogP contribution in [0.15, 0.2) is 126 Å². The first kappa shape index (κ1) is 20.6. The number of nitrogens with one attached hydrogen (secondary N) is 1. The van der Waals surface area contributed by atoms with E-state index in [2.05, 4.69) is 136 Å². The highest BCUT2D eigenvalue weighted by Gasteiger charge is 2.37. The zero-order chi connectivity index (χ0) is 25.9. The van der Waals surface area contributed by atoms with Crippen LogP contribution in [0.2, 0.25) is 0 Å². The fourth-order valence-corrected chi connectivity index (χ4v) is 7.26. The molecule has 10 rings (SSSR count). The molecule has 4 heteroatoms. The van der Waals surface area contributed by atoms with Gasteiger partial charge in [-0.05, 0) is 53.2 Å². The first-order valence-electron chi connectivity index (χ1n) is 13.8. The lowest BCUT2D eigenvalue weighted by Crippen LogP contribution is -2.24. The quantitative estimate of drug-likeness (QED) is 0.235. The van der Waals surface area contributed by atoms with Crippen LogP contribution in [0.25, 0.3) is 60.1 Å². The summed E-state index contributed by atoms with van der Waals surface area (Å²) in [6.45, 7) is 0. The van der Waals surface area contributed by atoms with E-state index < -0.39 is 0 Å². The molecule has 0 bridgehead atoms. The number of nitrogens with zero attached hydrogens (tertiary/aromatic N) is 3. The smallest absolute Gasteiger partial charge is 0.141 e. The van der Waals surface area contributed by atoms with Crippen LogP contribution in [-0.2, 0) is 0 Å². The van der Waals surface area contributed by atoms with Crippen LogP contribution in [0.3, 0.4) is 0 Å². The first-order valence-corrected chi connectivity index (χ1v) is 13.8. The summed E-state index contributed by atoms with van der Waals surface area (Å²) in [5.41, 5.74) is 9.44. The highest BCUT2D eigenvalue weighted by Crippen LogP contribution is 2.50. The number of para-hydroxylation sites is 4. The molecule has 40 heavy (non-hydrogen) atoms. The Kier molecular flexibility index (Phi) is 3.70. The molecule has 0 saturated heterocycles. The SMILES string of the molecule is c1ccc(-n2c3ccccc3c3c4c(ccc32)c2c3ccccc3cc3c2n4C2=Nc4ccccc4NC23)cc1. The fraction of sp³-hybridized carbons (Fsp3) is 0.0278. The maximum atomic E-state index is 5.32. The van der Waals surface area contributed by atoms with Gasteiger partial charge in [0.25, 0.3) is 0 Å². The Hall–Kier alpha value is -5.35. The third-order valence-electron chi connectivity index (χ3n) is 8.83. The van der Waals surface area contributed by atoms with Crippen molar-refractivity contribution < 1.29 is 0 Å². The van der Waals surface area contributed by atoms with Gasteiger partial charge >= 0.3 is 0 Å². The summed E-state index contributed by atoms with van der Waals surface area (Å²) in [4.78, 5) is 5.32. The van der Waals surface area contributed by atoms with Crippen molar-refractivity contribution in [3.05, 3.63) is 127 Å². The highest BCUT2D eigenvalue weighted by atomic mass is 15.2. The van der Waals surface area contributed by atoms with Crippen molar-refractivity contribution in [3.63, 3.8) is 0 Å². The molecule has 4 nitrogen and oxygen atoms in total. The molecule has 0 radical (unpaired) electrons. The molecule has 1 unspecified atom stereocenters. The second-order valence-corrected chi connectivity index (χ2v) is 10.9. The van der Waals surface area contributed by atoms with Crippen molar-refractivity contribution in [2.24, 2.45) is 4.99 Å². The van der Waals surface area contributed by atoms with Crippen molar-refractivity contribution in [1.82, 2.24) is 9.13 Å². The summed E-state index contributed by atoms with van der Waals surface area (Å²) < 4.78 is 4.86. The molecule has 0 amide bonds. The van der Waals surface area contributed by atoms with Gasteiger partial charge in [0, 0.05) is 32.8 Å². The van der Waals surface area contributed by atoms with E-state index in [9.17, 15) is 0 Å². The van der Waals surface area contributed by atoms with E-state index in [4.69, 9.17) is 4.99 Å². The topological polar surface area (TPSA) is 34.2 Å². The van der Waals surface area contributed by atoms with Gasteiger partial charge in [0.2, 0.25) is 0 Å². The Labute approximate surface area is 229 Å². The molecular weight excluding hydrogens is 488 g/mol. The zero-order valence-electron chi connectivity index (χ0n) is 21.5. The normalized spacial score (nSPS) is 15.6. The number of rotatable bonds is 1. The van der Waals surface area contributed by atoms with Crippen LogP contribution in [0.4, 0.5) is 11.4 Å². The van der Waals surface area contributed by atoms with E-state index in [0.717, 1.165) is 17.2 Å². The summed E-state index contributed by atoms with van der Waals surface area (Å²) in [7, 11) is 0. The Morgan fingerprint density at radius 2 is 1.35 bits per heavy atom. The molecule has 0 spiro atoms. The van der Waals surface area contributed by atoms with Crippen LogP contribution >= 0.6 is 0 Å². The number of aromatic nitrogens is 2. The van der Waals surface area contributed by atoms with Gasteiger partial charge in [0.05, 0.1) is 33.4 Å². The lowest BCUT2D eigenvalue weighted by Gasteiger charge is -2.24. The Bertz CT molecular complexity index is 2410. The fourth-order valence-electron chi connectivity index (χ4n) is 7.26. The monoisotopic (exact) mass is 510 g/mol. The Balaban J connectivity index is 1.47. The number of anilines is 1. The highest BCUT2D eigenvalue weighted by molar-refractivity contribution is 6.34. The molecule has 0 fully saturated rings. The van der Waals surface area contributed by atoms with Crippen LogP contribution in [0, 0.1) is 0 Å². The van der Waals surface area contributed by atoms with Crippen molar-refractivity contribution in [1.29, 1.82) is 0 Å². The molecule has 0 aliphatic carbocycles. The molecule has 1 atom stereocenters. The Morgan fingerprint density at radius 3 is 2.27 bits per heavy atom. The van der Waals surface area contributed by atoms with Crippen LogP contribution < -0.4 is 5.32 Å². The van der Waals surface area contributed by atoms with E-state index in [-0.39, 0.29) is 6.04 Å². The second-order valence-electron chi connectivity index (χ2n) is 10.9. The van der Waals surface area contributed by atoms with Gasteiger partial charge < -0.3 is 9.88 Å². The second kappa shape index (κ2) is 7.19. The molecule has 2 aliphatic heterocycles. The zero-order valence-corrected chi connectivity index (χ0v) is 21.5. The van der Waals surface area contributed by atoms with Gasteiger partial charge in [-0.3, -0.25) is 4.57 Å². The van der Waals surface area contributed by atoms with Gasteiger partial charge in [0.1, 0.15) is 11.9 Å². The third-order valence-corrected chi connectivity index (χ3v) is 8.83. The van der Waals surface area contributed by atoms with E-state index >= 15 is 0 Å². The summed E-state index contributed by atoms with van der Waals surface area (Å²) in [5.74, 6) is 1.05. The van der Waals surface area contributed by atoms with Crippen LogP contribution in [0.5, 0.6) is 0 Å². The van der Waals surface area contributed by atoms with E-state index in [1.165, 1.54) is 65.6 Å². The first-order chi connectivity index (χ1) is 19.9. The summed E-state index contributed by atoms with van der Waals surface area (Å²) in [6, 6.07) is 43.7. The van der Waals surface area contributed by atoms with Gasteiger partial charge in [-0.15, -0.1) is 0 Å². The lowest BCUT2D eigenvalue weighted by atomic mass is 9.96. The minimum atomic E-state index is -0.000800. The minimum Gasteiger partial charge on any atom is -0.370 e. The van der Waals surface area contributed by atoms with Crippen molar-refractivity contribution >= 4 is 71.6 Å². The maximum absolute atomic E-state index is 5.32. The molecule has 2 aliphatic rings. The largest absolute Gasteiger partial charge is 0.370 e. The third kappa shape index (κ3) is 2.40. The van der Waals surface area contributed by atoms with Crippen LogP contribution in [-0.4, -0.2) is 15.0 Å². The van der Waals surface area contributed by atoms with E-state index in [1.54, 1.807) is 0 Å². The van der Waals surface area contributed by atoms with E-state index in [0.29, 0.717) is 0 Å². The van der Waals surface area contributed by atoms with E-state index in [1.807, 2.05) is 0 Å². The number of benzene rings is 6. The van der Waals surface area contributed by atoms with Gasteiger partial charge in [-0.2, -0.15) is 0 Å². The summed E-state index contributed by atoms with van der Waals surface area (Å²) >= 11 is 0. The van der Waals surface area contributed by atoms with Gasteiger partial charge in [-0.1, -0.05) is 78.9 Å². The number of hydrogen-bond acceptors (Lipinski definition) is 2. The van der Waals surface area contributed by atoms with Gasteiger partial charge in [-0.25, -0.2) is 4.99 Å². The molecule has 1 N–H and O–H groups in total. The number of hydrogen-bond donors (Lipinski definition) is 1. The predicted molar refractivity (Wildman–Crippen MR) is 167 cm³/mol. The average molecular weight is 511 g/mol. The average Bonchev–Trinajstić information content (AvgIpc) is 3.64. The maximum Gasteiger partial charge on any atom is 0.141 e. The molecule has 6 aromatic carbocycles.